The maximum Gasteiger partial charge on any atom is 0.258 e. The van der Waals surface area contributed by atoms with Crippen LogP contribution in [0.5, 0.6) is 5.75 Å². The molecular formula is C24H33NO2Si. The molecule has 150 valence electrons. The van der Waals surface area contributed by atoms with Gasteiger partial charge in [0.1, 0.15) is 11.9 Å². The highest BCUT2D eigenvalue weighted by atomic mass is 28.4. The van der Waals surface area contributed by atoms with E-state index in [0.717, 1.165) is 22.4 Å². The van der Waals surface area contributed by atoms with Gasteiger partial charge in [0.15, 0.2) is 0 Å². The van der Waals surface area contributed by atoms with Gasteiger partial charge in [-0.15, -0.1) is 0 Å². The number of aliphatic hydroxyl groups excluding tert-OH is 1. The second kappa shape index (κ2) is 8.94. The number of hydrogen-bond acceptors (Lipinski definition) is 3. The number of benzene rings is 2. The Hall–Kier alpha value is -2.09. The molecule has 0 aliphatic carbocycles. The van der Waals surface area contributed by atoms with Gasteiger partial charge in [0.25, 0.3) is 8.32 Å². The molecule has 1 N–H and O–H groups in total. The summed E-state index contributed by atoms with van der Waals surface area (Å²) in [6, 6.07) is 15.2. The van der Waals surface area contributed by atoms with Gasteiger partial charge in [-0.05, 0) is 64.5 Å². The predicted molar refractivity (Wildman–Crippen MR) is 118 cm³/mol. The molecule has 2 aromatic rings. The van der Waals surface area contributed by atoms with E-state index in [1.807, 2.05) is 31.2 Å². The third-order valence-corrected chi connectivity index (χ3v) is 11.9. The summed E-state index contributed by atoms with van der Waals surface area (Å²) in [4.78, 5) is 0. The number of nitrogens with zero attached hydrogens (tertiary/aromatic N) is 1. The molecule has 28 heavy (non-hydrogen) atoms. The Bertz CT molecular complexity index is 830. The Kier molecular flexibility index (Phi) is 7.09. The van der Waals surface area contributed by atoms with Crippen LogP contribution in [-0.4, -0.2) is 13.4 Å². The van der Waals surface area contributed by atoms with Gasteiger partial charge in [-0.25, -0.2) is 0 Å². The highest BCUT2D eigenvalue weighted by Crippen LogP contribution is 2.43. The van der Waals surface area contributed by atoms with Crippen LogP contribution in [0.15, 0.2) is 42.5 Å². The van der Waals surface area contributed by atoms with Gasteiger partial charge < -0.3 is 9.53 Å². The van der Waals surface area contributed by atoms with Gasteiger partial charge in [0, 0.05) is 0 Å². The van der Waals surface area contributed by atoms with E-state index >= 15 is 0 Å². The van der Waals surface area contributed by atoms with Gasteiger partial charge in [-0.2, -0.15) is 5.26 Å². The topological polar surface area (TPSA) is 53.2 Å². The molecule has 0 spiro atoms. The quantitative estimate of drug-likeness (QED) is 0.544. The zero-order valence-electron chi connectivity index (χ0n) is 18.2. The molecule has 0 saturated carbocycles. The molecule has 0 heterocycles. The van der Waals surface area contributed by atoms with Gasteiger partial charge >= 0.3 is 0 Å². The van der Waals surface area contributed by atoms with Gasteiger partial charge in [-0.1, -0.05) is 59.7 Å². The largest absolute Gasteiger partial charge is 0.543 e. The molecule has 0 amide bonds. The molecule has 2 aromatic carbocycles. The van der Waals surface area contributed by atoms with E-state index < -0.39 is 14.4 Å². The lowest BCUT2D eigenvalue weighted by molar-refractivity contribution is 0.219. The molecule has 4 heteroatoms. The van der Waals surface area contributed by atoms with Gasteiger partial charge in [0.05, 0.1) is 11.6 Å². The maximum absolute atomic E-state index is 10.8. The van der Waals surface area contributed by atoms with E-state index in [1.54, 1.807) is 18.2 Å². The smallest absolute Gasteiger partial charge is 0.258 e. The fraction of sp³-hybridized carbons (Fsp3) is 0.458. The van der Waals surface area contributed by atoms with Crippen molar-refractivity contribution < 1.29 is 9.53 Å². The zero-order chi connectivity index (χ0) is 21.1. The van der Waals surface area contributed by atoms with Crippen molar-refractivity contribution in [3.05, 3.63) is 64.7 Å². The summed E-state index contributed by atoms with van der Waals surface area (Å²) in [7, 11) is -2.01. The fourth-order valence-corrected chi connectivity index (χ4v) is 9.78. The van der Waals surface area contributed by atoms with Crippen LogP contribution in [0.25, 0.3) is 0 Å². The minimum Gasteiger partial charge on any atom is -0.543 e. The number of hydrogen-bond donors (Lipinski definition) is 1. The maximum atomic E-state index is 10.8. The van der Waals surface area contributed by atoms with Gasteiger partial charge in [-0.3, -0.25) is 0 Å². The lowest BCUT2D eigenvalue weighted by Gasteiger charge is -2.42. The summed E-state index contributed by atoms with van der Waals surface area (Å²) in [5, 5.41) is 19.9. The number of rotatable bonds is 7. The molecule has 2 rings (SSSR count). The van der Waals surface area contributed by atoms with Crippen molar-refractivity contribution in [2.75, 3.05) is 0 Å². The molecule has 3 nitrogen and oxygen atoms in total. The Balaban J connectivity index is 2.37. The van der Waals surface area contributed by atoms with Crippen molar-refractivity contribution in [2.45, 2.75) is 71.2 Å². The average molecular weight is 396 g/mol. The molecule has 1 unspecified atom stereocenters. The molecule has 1 atom stereocenters. The average Bonchev–Trinajstić information content (AvgIpc) is 2.64. The molecule has 0 saturated heterocycles. The van der Waals surface area contributed by atoms with E-state index in [0.29, 0.717) is 22.2 Å². The first kappa shape index (κ1) is 22.2. The minimum atomic E-state index is -2.01. The van der Waals surface area contributed by atoms with Crippen LogP contribution < -0.4 is 4.43 Å². The third kappa shape index (κ3) is 4.32. The SMILES string of the molecule is Cc1cc(O[Si](C(C)C)(C(C)C)C(C)C)ccc1C(O)c1cccc(C#N)c1. The number of nitriles is 1. The van der Waals surface area contributed by atoms with Gasteiger partial charge in [0.2, 0.25) is 0 Å². The molecule has 0 fully saturated rings. The van der Waals surface area contributed by atoms with Crippen LogP contribution in [0.1, 0.15) is 69.9 Å². The lowest BCUT2D eigenvalue weighted by Crippen LogP contribution is -2.50. The summed E-state index contributed by atoms with van der Waals surface area (Å²) in [6.45, 7) is 15.7. The Morgan fingerprint density at radius 2 is 1.54 bits per heavy atom. The second-order valence-electron chi connectivity index (χ2n) is 8.58. The monoisotopic (exact) mass is 395 g/mol. The predicted octanol–water partition coefficient (Wildman–Crippen LogP) is 6.50. The van der Waals surface area contributed by atoms with E-state index in [4.69, 9.17) is 9.69 Å². The van der Waals surface area contributed by atoms with E-state index in [1.165, 1.54) is 0 Å². The van der Waals surface area contributed by atoms with Crippen molar-refractivity contribution in [3.63, 3.8) is 0 Å². The van der Waals surface area contributed by atoms with Crippen molar-refractivity contribution in [2.24, 2.45) is 0 Å². The van der Waals surface area contributed by atoms with E-state index in [-0.39, 0.29) is 0 Å². The minimum absolute atomic E-state index is 0.506. The highest BCUT2D eigenvalue weighted by molar-refractivity contribution is 6.78. The van der Waals surface area contributed by atoms with Crippen LogP contribution in [0.2, 0.25) is 16.6 Å². The third-order valence-electron chi connectivity index (χ3n) is 5.87. The summed E-state index contributed by atoms with van der Waals surface area (Å²) in [5.41, 5.74) is 4.63. The van der Waals surface area contributed by atoms with Crippen LogP contribution in [0, 0.1) is 18.3 Å². The number of aryl methyl sites for hydroxylation is 1. The standard InChI is InChI=1S/C24H33NO2Si/c1-16(2)28(17(3)4,18(5)6)27-22-11-12-23(19(7)13-22)24(26)21-10-8-9-20(14-21)15-25/h8-14,16-18,24,26H,1-7H3. The normalized spacial score (nSPS) is 13.1. The van der Waals surface area contributed by atoms with Crippen LogP contribution in [0.4, 0.5) is 0 Å². The van der Waals surface area contributed by atoms with Crippen LogP contribution >= 0.6 is 0 Å². The summed E-state index contributed by atoms with van der Waals surface area (Å²) < 4.78 is 6.76. The molecular weight excluding hydrogens is 362 g/mol. The summed E-state index contributed by atoms with van der Waals surface area (Å²) in [6.07, 6.45) is -0.760. The van der Waals surface area contributed by atoms with Crippen molar-refractivity contribution in [1.29, 1.82) is 5.26 Å². The van der Waals surface area contributed by atoms with E-state index in [2.05, 4.69) is 47.6 Å². The first-order chi connectivity index (χ1) is 13.1. The molecule has 0 radical (unpaired) electrons. The van der Waals surface area contributed by atoms with Crippen molar-refractivity contribution in [3.8, 4) is 11.8 Å². The second-order valence-corrected chi connectivity index (χ2v) is 14.0. The number of aliphatic hydroxyl groups is 1. The van der Waals surface area contributed by atoms with E-state index in [9.17, 15) is 5.11 Å². The Labute approximate surface area is 171 Å². The molecule has 0 aliphatic heterocycles. The summed E-state index contributed by atoms with van der Waals surface area (Å²) >= 11 is 0. The van der Waals surface area contributed by atoms with Crippen LogP contribution in [0.3, 0.4) is 0 Å². The fourth-order valence-electron chi connectivity index (χ4n) is 4.53. The Morgan fingerprint density at radius 3 is 2.04 bits per heavy atom. The summed E-state index contributed by atoms with van der Waals surface area (Å²) in [5.74, 6) is 0.891. The van der Waals surface area contributed by atoms with Crippen molar-refractivity contribution in [1.82, 2.24) is 0 Å². The highest BCUT2D eigenvalue weighted by Gasteiger charge is 2.47. The first-order valence-corrected chi connectivity index (χ1v) is 12.2. The molecule has 0 aromatic heterocycles. The Morgan fingerprint density at radius 1 is 0.929 bits per heavy atom. The first-order valence-electron chi connectivity index (χ1n) is 10.1. The lowest BCUT2D eigenvalue weighted by atomic mass is 9.96. The zero-order valence-corrected chi connectivity index (χ0v) is 19.2. The molecule has 0 aliphatic rings. The molecule has 0 bridgehead atoms. The van der Waals surface area contributed by atoms with Crippen LogP contribution in [-0.2, 0) is 0 Å². The van der Waals surface area contributed by atoms with Crippen molar-refractivity contribution >= 4 is 8.32 Å².